The van der Waals surface area contributed by atoms with Crippen molar-refractivity contribution in [1.29, 1.82) is 0 Å². The van der Waals surface area contributed by atoms with Gasteiger partial charge in [0, 0.05) is 6.20 Å². The van der Waals surface area contributed by atoms with Gasteiger partial charge in [-0.05, 0) is 27.7 Å². The first kappa shape index (κ1) is 11.2. The van der Waals surface area contributed by atoms with Gasteiger partial charge in [0.15, 0.2) is 0 Å². The largest absolute Gasteiger partial charge is 0.388 e. The third-order valence-electron chi connectivity index (χ3n) is 2.45. The molecule has 70 valence electrons. The zero-order valence-corrected chi connectivity index (χ0v) is 8.16. The smallest absolute Gasteiger partial charge is 0.214 e. The van der Waals surface area contributed by atoms with Crippen LogP contribution < -0.4 is 0 Å². The molecule has 0 spiro atoms. The van der Waals surface area contributed by atoms with Crippen molar-refractivity contribution in [1.82, 2.24) is 4.90 Å². The molecule has 3 heteroatoms. The summed E-state index contributed by atoms with van der Waals surface area (Å²) >= 11 is 0. The molecule has 0 aliphatic heterocycles. The summed E-state index contributed by atoms with van der Waals surface area (Å²) < 4.78 is 0. The van der Waals surface area contributed by atoms with Crippen LogP contribution in [0.2, 0.25) is 0 Å². The minimum absolute atomic E-state index is 0.642. The van der Waals surface area contributed by atoms with Gasteiger partial charge >= 0.3 is 0 Å². The standard InChI is InChI=1S/C9H17NO2/c1-6-10(7-11)8(2,3)9(4,5)12/h6-7,12H,1H2,2-5H3. The van der Waals surface area contributed by atoms with E-state index in [1.807, 2.05) is 0 Å². The van der Waals surface area contributed by atoms with Crippen molar-refractivity contribution in [3.8, 4) is 0 Å². The number of carbonyl (C=O) groups is 1. The van der Waals surface area contributed by atoms with Crippen LogP contribution in [-0.4, -0.2) is 27.6 Å². The third kappa shape index (κ3) is 1.85. The van der Waals surface area contributed by atoms with Gasteiger partial charge in [-0.15, -0.1) is 0 Å². The molecule has 0 atom stereocenters. The first-order chi connectivity index (χ1) is 5.27. The lowest BCUT2D eigenvalue weighted by atomic mass is 9.85. The molecule has 1 N–H and O–H groups in total. The predicted octanol–water partition coefficient (Wildman–Crippen LogP) is 1.14. The molecule has 1 amide bonds. The van der Waals surface area contributed by atoms with E-state index in [-0.39, 0.29) is 0 Å². The van der Waals surface area contributed by atoms with E-state index in [1.54, 1.807) is 27.7 Å². The molecule has 0 aromatic rings. The molecule has 0 bridgehead atoms. The molecule has 0 rings (SSSR count). The molecule has 0 aliphatic carbocycles. The van der Waals surface area contributed by atoms with Gasteiger partial charge in [0.2, 0.25) is 6.41 Å². The van der Waals surface area contributed by atoms with E-state index < -0.39 is 11.1 Å². The fourth-order valence-corrected chi connectivity index (χ4v) is 0.719. The van der Waals surface area contributed by atoms with Crippen molar-refractivity contribution in [3.63, 3.8) is 0 Å². The number of carbonyl (C=O) groups excluding carboxylic acids is 1. The average molecular weight is 171 g/mol. The van der Waals surface area contributed by atoms with E-state index in [0.29, 0.717) is 6.41 Å². The minimum Gasteiger partial charge on any atom is -0.388 e. The number of nitrogens with zero attached hydrogens (tertiary/aromatic N) is 1. The Balaban J connectivity index is 4.80. The van der Waals surface area contributed by atoms with Gasteiger partial charge in [0.25, 0.3) is 0 Å². The first-order valence-corrected chi connectivity index (χ1v) is 3.86. The van der Waals surface area contributed by atoms with Crippen LogP contribution in [-0.2, 0) is 4.79 Å². The maximum atomic E-state index is 10.6. The van der Waals surface area contributed by atoms with E-state index in [0.717, 1.165) is 0 Å². The first-order valence-electron chi connectivity index (χ1n) is 3.86. The van der Waals surface area contributed by atoms with E-state index in [4.69, 9.17) is 0 Å². The Labute approximate surface area is 73.7 Å². The molecule has 12 heavy (non-hydrogen) atoms. The quantitative estimate of drug-likeness (QED) is 0.644. The molecule has 0 fully saturated rings. The van der Waals surface area contributed by atoms with Crippen LogP contribution in [0.3, 0.4) is 0 Å². The molecule has 0 saturated heterocycles. The number of amides is 1. The monoisotopic (exact) mass is 171 g/mol. The molecule has 0 aliphatic rings. The van der Waals surface area contributed by atoms with Crippen LogP contribution in [0.5, 0.6) is 0 Å². The Hall–Kier alpha value is -0.830. The fourth-order valence-electron chi connectivity index (χ4n) is 0.719. The Kier molecular flexibility index (Phi) is 3.04. The van der Waals surface area contributed by atoms with Crippen molar-refractivity contribution >= 4 is 6.41 Å². The Morgan fingerprint density at radius 2 is 1.75 bits per heavy atom. The zero-order valence-electron chi connectivity index (χ0n) is 8.16. The summed E-state index contributed by atoms with van der Waals surface area (Å²) in [6.07, 6.45) is 2.07. The van der Waals surface area contributed by atoms with Crippen LogP contribution in [0, 0.1) is 0 Å². The molecule has 0 aromatic carbocycles. The highest BCUT2D eigenvalue weighted by molar-refractivity contribution is 5.51. The van der Waals surface area contributed by atoms with Crippen molar-refractivity contribution in [3.05, 3.63) is 12.8 Å². The summed E-state index contributed by atoms with van der Waals surface area (Å²) in [7, 11) is 0. The van der Waals surface area contributed by atoms with E-state index in [9.17, 15) is 9.90 Å². The highest BCUT2D eigenvalue weighted by Gasteiger charge is 2.38. The lowest BCUT2D eigenvalue weighted by Crippen LogP contribution is -2.55. The molecular weight excluding hydrogens is 154 g/mol. The van der Waals surface area contributed by atoms with Crippen molar-refractivity contribution in [2.45, 2.75) is 38.8 Å². The lowest BCUT2D eigenvalue weighted by molar-refractivity contribution is -0.128. The maximum Gasteiger partial charge on any atom is 0.214 e. The molecule has 0 saturated carbocycles. The normalized spacial score (nSPS) is 12.4. The van der Waals surface area contributed by atoms with E-state index in [2.05, 4.69) is 6.58 Å². The minimum atomic E-state index is -0.956. The van der Waals surface area contributed by atoms with Crippen LogP contribution in [0.25, 0.3) is 0 Å². The van der Waals surface area contributed by atoms with E-state index >= 15 is 0 Å². The predicted molar refractivity (Wildman–Crippen MR) is 48.5 cm³/mol. The molecule has 0 unspecified atom stereocenters. The van der Waals surface area contributed by atoms with Crippen molar-refractivity contribution < 1.29 is 9.90 Å². The molecule has 0 heterocycles. The van der Waals surface area contributed by atoms with Crippen LogP contribution in [0.4, 0.5) is 0 Å². The van der Waals surface area contributed by atoms with E-state index in [1.165, 1.54) is 11.1 Å². The zero-order chi connectivity index (χ0) is 9.99. The Bertz CT molecular complexity index is 171. The number of hydrogen-bond donors (Lipinski definition) is 1. The summed E-state index contributed by atoms with van der Waals surface area (Å²) in [5.41, 5.74) is -1.60. The molecular formula is C9H17NO2. The van der Waals surface area contributed by atoms with Crippen LogP contribution >= 0.6 is 0 Å². The summed E-state index contributed by atoms with van der Waals surface area (Å²) in [6.45, 7) is 10.4. The van der Waals surface area contributed by atoms with Crippen molar-refractivity contribution in [2.75, 3.05) is 0 Å². The number of hydrogen-bond acceptors (Lipinski definition) is 2. The van der Waals surface area contributed by atoms with Crippen molar-refractivity contribution in [2.24, 2.45) is 0 Å². The summed E-state index contributed by atoms with van der Waals surface area (Å²) in [5.74, 6) is 0. The number of aliphatic hydroxyl groups is 1. The second-order valence-corrected chi connectivity index (χ2v) is 3.81. The molecule has 0 aromatic heterocycles. The van der Waals surface area contributed by atoms with Gasteiger partial charge in [-0.25, -0.2) is 0 Å². The van der Waals surface area contributed by atoms with Crippen LogP contribution in [0.15, 0.2) is 12.8 Å². The summed E-state index contributed by atoms with van der Waals surface area (Å²) in [6, 6.07) is 0. The van der Waals surface area contributed by atoms with Gasteiger partial charge in [0.1, 0.15) is 0 Å². The second kappa shape index (κ2) is 3.27. The second-order valence-electron chi connectivity index (χ2n) is 3.81. The maximum absolute atomic E-state index is 10.6. The van der Waals surface area contributed by atoms with Gasteiger partial charge < -0.3 is 10.0 Å². The summed E-state index contributed by atoms with van der Waals surface area (Å²) in [5, 5.41) is 9.73. The van der Waals surface area contributed by atoms with Gasteiger partial charge in [-0.2, -0.15) is 0 Å². The lowest BCUT2D eigenvalue weighted by Gasteiger charge is -2.42. The molecule has 3 nitrogen and oxygen atoms in total. The SMILES string of the molecule is C=CN(C=O)C(C)(C)C(C)(C)O. The highest BCUT2D eigenvalue weighted by atomic mass is 16.3. The van der Waals surface area contributed by atoms with Crippen LogP contribution in [0.1, 0.15) is 27.7 Å². The topological polar surface area (TPSA) is 40.5 Å². The highest BCUT2D eigenvalue weighted by Crippen LogP contribution is 2.26. The summed E-state index contributed by atoms with van der Waals surface area (Å²) in [4.78, 5) is 11.9. The Morgan fingerprint density at radius 3 is 1.83 bits per heavy atom. The van der Waals surface area contributed by atoms with Gasteiger partial charge in [0.05, 0.1) is 11.1 Å². The average Bonchev–Trinajstić information content (AvgIpc) is 1.87. The Morgan fingerprint density at radius 1 is 1.33 bits per heavy atom. The van der Waals surface area contributed by atoms with Gasteiger partial charge in [-0.1, -0.05) is 6.58 Å². The fraction of sp³-hybridized carbons (Fsp3) is 0.667. The molecule has 0 radical (unpaired) electrons. The number of rotatable bonds is 4. The van der Waals surface area contributed by atoms with Gasteiger partial charge in [-0.3, -0.25) is 4.79 Å². The third-order valence-corrected chi connectivity index (χ3v) is 2.45.